The topological polar surface area (TPSA) is 36.3 Å². The molecule has 0 fully saturated rings. The van der Waals surface area contributed by atoms with E-state index in [2.05, 4.69) is 11.3 Å². The zero-order chi connectivity index (χ0) is 10.7. The Kier molecular flexibility index (Phi) is 2.58. The van der Waals surface area contributed by atoms with E-state index in [1.54, 1.807) is 31.2 Å². The van der Waals surface area contributed by atoms with Gasteiger partial charge in [-0.2, -0.15) is 0 Å². The number of imidazole rings is 1. The summed E-state index contributed by atoms with van der Waals surface area (Å²) in [5.41, 5.74) is 0.806. The van der Waals surface area contributed by atoms with Crippen molar-refractivity contribution in [3.8, 4) is 17.2 Å². The molecular weight excluding hydrogens is 192 g/mol. The fraction of sp³-hybridized carbons (Fsp3) is 0.182. The van der Waals surface area contributed by atoms with Crippen molar-refractivity contribution >= 4 is 0 Å². The molecule has 2 rings (SSSR count). The first kappa shape index (κ1) is 9.58. The normalized spacial score (nSPS) is 10.0. The molecule has 0 N–H and O–H groups in total. The second-order valence-corrected chi connectivity index (χ2v) is 2.91. The summed E-state index contributed by atoms with van der Waals surface area (Å²) >= 11 is 0. The molecule has 1 aromatic carbocycles. The average Bonchev–Trinajstić information content (AvgIpc) is 2.81. The number of para-hydroxylation sites is 1. The van der Waals surface area contributed by atoms with Crippen LogP contribution in [0.5, 0.6) is 11.5 Å². The molecule has 1 radical (unpaired) electrons. The zero-order valence-corrected chi connectivity index (χ0v) is 8.60. The first-order chi connectivity index (χ1) is 7.36. The second kappa shape index (κ2) is 4.04. The van der Waals surface area contributed by atoms with Crippen molar-refractivity contribution in [2.45, 2.75) is 0 Å². The van der Waals surface area contributed by atoms with Gasteiger partial charge >= 0.3 is 0 Å². The minimum atomic E-state index is 0.726. The number of ether oxygens (including phenoxy) is 2. The molecule has 0 unspecified atom stereocenters. The van der Waals surface area contributed by atoms with Gasteiger partial charge in [0.2, 0.25) is 0 Å². The summed E-state index contributed by atoms with van der Waals surface area (Å²) in [7, 11) is 3.24. The molecule has 0 spiro atoms. The first-order valence-corrected chi connectivity index (χ1v) is 4.49. The summed E-state index contributed by atoms with van der Waals surface area (Å²) in [5.74, 6) is 1.45. The van der Waals surface area contributed by atoms with Gasteiger partial charge in [-0.15, -0.1) is 0 Å². The van der Waals surface area contributed by atoms with Crippen LogP contribution in [0.15, 0.2) is 30.6 Å². The minimum Gasteiger partial charge on any atom is -0.494 e. The Morgan fingerprint density at radius 3 is 2.33 bits per heavy atom. The molecule has 0 bridgehead atoms. The smallest absolute Gasteiger partial charge is 0.181 e. The monoisotopic (exact) mass is 203 g/mol. The number of rotatable bonds is 3. The number of methoxy groups -OCH3 is 2. The third-order valence-corrected chi connectivity index (χ3v) is 2.10. The van der Waals surface area contributed by atoms with Gasteiger partial charge in [-0.05, 0) is 12.1 Å². The van der Waals surface area contributed by atoms with Crippen molar-refractivity contribution in [3.05, 3.63) is 36.9 Å². The Hall–Kier alpha value is -1.97. The van der Waals surface area contributed by atoms with Crippen molar-refractivity contribution < 1.29 is 9.47 Å². The summed E-state index contributed by atoms with van der Waals surface area (Å²) in [4.78, 5) is 3.88. The highest BCUT2D eigenvalue weighted by Gasteiger charge is 2.10. The van der Waals surface area contributed by atoms with E-state index in [-0.39, 0.29) is 0 Å². The summed E-state index contributed by atoms with van der Waals surface area (Å²) in [6.45, 7) is 0. The predicted molar refractivity (Wildman–Crippen MR) is 55.5 cm³/mol. The van der Waals surface area contributed by atoms with Gasteiger partial charge in [-0.25, -0.2) is 4.98 Å². The third-order valence-electron chi connectivity index (χ3n) is 2.10. The van der Waals surface area contributed by atoms with Gasteiger partial charge in [-0.3, -0.25) is 4.57 Å². The van der Waals surface area contributed by atoms with Crippen LogP contribution in [0.3, 0.4) is 0 Å². The van der Waals surface area contributed by atoms with E-state index in [4.69, 9.17) is 9.47 Å². The molecule has 0 saturated heterocycles. The molecule has 1 aromatic heterocycles. The molecule has 2 aromatic rings. The van der Waals surface area contributed by atoms with Crippen molar-refractivity contribution in [1.29, 1.82) is 0 Å². The maximum Gasteiger partial charge on any atom is 0.181 e. The van der Waals surface area contributed by atoms with E-state index in [1.165, 1.54) is 0 Å². The lowest BCUT2D eigenvalue weighted by Gasteiger charge is -2.12. The van der Waals surface area contributed by atoms with Crippen LogP contribution < -0.4 is 9.47 Å². The van der Waals surface area contributed by atoms with Crippen molar-refractivity contribution in [2.24, 2.45) is 0 Å². The molecule has 1 heterocycles. The van der Waals surface area contributed by atoms with E-state index in [9.17, 15) is 0 Å². The summed E-state index contributed by atoms with van der Waals surface area (Å²) in [5, 5.41) is 0. The fourth-order valence-corrected chi connectivity index (χ4v) is 1.42. The second-order valence-electron chi connectivity index (χ2n) is 2.91. The first-order valence-electron chi connectivity index (χ1n) is 4.49. The highest BCUT2D eigenvalue weighted by atomic mass is 16.5. The van der Waals surface area contributed by atoms with E-state index in [1.807, 2.05) is 18.2 Å². The molecule has 0 amide bonds. The minimum absolute atomic E-state index is 0.726. The van der Waals surface area contributed by atoms with E-state index < -0.39 is 0 Å². The van der Waals surface area contributed by atoms with Crippen molar-refractivity contribution in [3.63, 3.8) is 0 Å². The molecule has 0 aliphatic carbocycles. The van der Waals surface area contributed by atoms with Crippen LogP contribution in [0.4, 0.5) is 0 Å². The summed E-state index contributed by atoms with van der Waals surface area (Å²) in [6.07, 6.45) is 6.26. The Labute approximate surface area is 88.1 Å². The Morgan fingerprint density at radius 1 is 1.20 bits per heavy atom. The van der Waals surface area contributed by atoms with Crippen molar-refractivity contribution in [1.82, 2.24) is 9.55 Å². The maximum absolute atomic E-state index is 5.26. The molecule has 0 aliphatic rings. The van der Waals surface area contributed by atoms with E-state index >= 15 is 0 Å². The lowest BCUT2D eigenvalue weighted by molar-refractivity contribution is 0.391. The van der Waals surface area contributed by atoms with Gasteiger partial charge < -0.3 is 9.47 Å². The van der Waals surface area contributed by atoms with Gasteiger partial charge in [0.1, 0.15) is 17.2 Å². The van der Waals surface area contributed by atoms with Gasteiger partial charge in [0.25, 0.3) is 0 Å². The fourth-order valence-electron chi connectivity index (χ4n) is 1.42. The largest absolute Gasteiger partial charge is 0.494 e. The quantitative estimate of drug-likeness (QED) is 0.761. The van der Waals surface area contributed by atoms with Gasteiger partial charge in [0.15, 0.2) is 6.33 Å². The SMILES string of the molecule is COc1cccc(OC)c1-n1[c]ncc1. The van der Waals surface area contributed by atoms with Gasteiger partial charge in [0.05, 0.1) is 14.2 Å². The number of hydrogen-bond donors (Lipinski definition) is 0. The average molecular weight is 203 g/mol. The molecule has 0 atom stereocenters. The number of nitrogens with zero attached hydrogens (tertiary/aromatic N) is 2. The highest BCUT2D eigenvalue weighted by molar-refractivity contribution is 5.56. The number of benzene rings is 1. The van der Waals surface area contributed by atoms with Crippen LogP contribution >= 0.6 is 0 Å². The van der Waals surface area contributed by atoms with Crippen LogP contribution in [0.2, 0.25) is 0 Å². The lowest BCUT2D eigenvalue weighted by atomic mass is 10.2. The number of hydrogen-bond acceptors (Lipinski definition) is 3. The van der Waals surface area contributed by atoms with E-state index in [0.717, 1.165) is 17.2 Å². The Morgan fingerprint density at radius 2 is 1.87 bits per heavy atom. The van der Waals surface area contributed by atoms with Crippen molar-refractivity contribution in [2.75, 3.05) is 14.2 Å². The summed E-state index contributed by atoms with van der Waals surface area (Å²) < 4.78 is 12.3. The van der Waals surface area contributed by atoms with Crippen LogP contribution in [-0.2, 0) is 0 Å². The Bertz CT molecular complexity index is 416. The predicted octanol–water partition coefficient (Wildman–Crippen LogP) is 1.69. The van der Waals surface area contributed by atoms with Crippen LogP contribution in [0, 0.1) is 6.33 Å². The molecule has 0 saturated carbocycles. The molecular formula is C11H11N2O2. The van der Waals surface area contributed by atoms with Crippen LogP contribution in [0.1, 0.15) is 0 Å². The van der Waals surface area contributed by atoms with E-state index in [0.29, 0.717) is 0 Å². The zero-order valence-electron chi connectivity index (χ0n) is 8.60. The van der Waals surface area contributed by atoms with Gasteiger partial charge in [-0.1, -0.05) is 6.07 Å². The maximum atomic E-state index is 5.26. The molecule has 4 nitrogen and oxygen atoms in total. The van der Waals surface area contributed by atoms with Crippen LogP contribution in [-0.4, -0.2) is 23.8 Å². The molecule has 15 heavy (non-hydrogen) atoms. The lowest BCUT2D eigenvalue weighted by Crippen LogP contribution is -1.99. The third kappa shape index (κ3) is 1.66. The Balaban J connectivity index is 2.61. The molecule has 77 valence electrons. The summed E-state index contributed by atoms with van der Waals surface area (Å²) in [6, 6.07) is 5.61. The van der Waals surface area contributed by atoms with Gasteiger partial charge in [0, 0.05) is 12.4 Å². The number of aromatic nitrogens is 2. The molecule has 0 aliphatic heterocycles. The van der Waals surface area contributed by atoms with Crippen LogP contribution in [0.25, 0.3) is 5.69 Å². The highest BCUT2D eigenvalue weighted by Crippen LogP contribution is 2.31. The standard InChI is InChI=1S/C11H11N2O2/c1-14-9-4-3-5-10(15-2)11(9)13-7-6-12-8-13/h3-7H,1-2H3. The molecule has 4 heteroatoms.